The highest BCUT2D eigenvalue weighted by atomic mass is 16.3. The summed E-state index contributed by atoms with van der Waals surface area (Å²) in [6, 6.07) is 8.05. The van der Waals surface area contributed by atoms with Crippen LogP contribution in [-0.4, -0.2) is 55.2 Å². The summed E-state index contributed by atoms with van der Waals surface area (Å²) in [7, 11) is 1.89. The number of hydrogen-bond acceptors (Lipinski definition) is 4. The number of aliphatic hydroxyl groups is 1. The second-order valence-electron chi connectivity index (χ2n) is 6.16. The van der Waals surface area contributed by atoms with Gasteiger partial charge in [-0.05, 0) is 57.5 Å². The van der Waals surface area contributed by atoms with Gasteiger partial charge in [-0.25, -0.2) is 0 Å². The number of benzene rings is 1. The summed E-state index contributed by atoms with van der Waals surface area (Å²) in [5.41, 5.74) is 2.06. The minimum Gasteiger partial charge on any atom is -0.393 e. The highest BCUT2D eigenvalue weighted by Gasteiger charge is 2.12. The first-order chi connectivity index (χ1) is 10.5. The minimum absolute atomic E-state index is 0.0259. The zero-order valence-corrected chi connectivity index (χ0v) is 13.6. The van der Waals surface area contributed by atoms with Gasteiger partial charge in [-0.15, -0.1) is 0 Å². The molecule has 22 heavy (non-hydrogen) atoms. The Morgan fingerprint density at radius 1 is 1.32 bits per heavy atom. The highest BCUT2D eigenvalue weighted by molar-refractivity contribution is 5.92. The number of likely N-dealkylation sites (N-methyl/N-ethyl adjacent to an activating group) is 1. The molecular formula is C17H27N3O2. The van der Waals surface area contributed by atoms with Crippen molar-refractivity contribution in [1.29, 1.82) is 0 Å². The van der Waals surface area contributed by atoms with E-state index < -0.39 is 0 Å². The molecule has 1 aromatic rings. The molecule has 1 aliphatic heterocycles. The summed E-state index contributed by atoms with van der Waals surface area (Å²) in [5, 5.41) is 12.2. The first kappa shape index (κ1) is 16.8. The Labute approximate surface area is 132 Å². The zero-order chi connectivity index (χ0) is 15.9. The molecule has 5 heteroatoms. The lowest BCUT2D eigenvalue weighted by molar-refractivity contribution is -0.117. The third-order valence-electron chi connectivity index (χ3n) is 3.96. The Balaban J connectivity index is 1.78. The van der Waals surface area contributed by atoms with Crippen molar-refractivity contribution >= 4 is 17.3 Å². The van der Waals surface area contributed by atoms with Crippen molar-refractivity contribution in [3.05, 3.63) is 24.3 Å². The molecule has 0 aliphatic carbocycles. The van der Waals surface area contributed by atoms with E-state index in [1.807, 2.05) is 24.1 Å². The van der Waals surface area contributed by atoms with Gasteiger partial charge in [0.25, 0.3) is 0 Å². The molecule has 1 fully saturated rings. The first-order valence-electron chi connectivity index (χ1n) is 8.06. The van der Waals surface area contributed by atoms with E-state index in [-0.39, 0.29) is 12.0 Å². The SMILES string of the molecule is CC(O)CCN(C)CC(=O)Nc1ccc(N2CCCC2)cc1. The van der Waals surface area contributed by atoms with Crippen molar-refractivity contribution < 1.29 is 9.90 Å². The van der Waals surface area contributed by atoms with E-state index in [4.69, 9.17) is 0 Å². The zero-order valence-electron chi connectivity index (χ0n) is 13.6. The molecule has 0 saturated carbocycles. The lowest BCUT2D eigenvalue weighted by atomic mass is 10.2. The fraction of sp³-hybridized carbons (Fsp3) is 0.588. The largest absolute Gasteiger partial charge is 0.393 e. The molecule has 0 aromatic heterocycles. The van der Waals surface area contributed by atoms with Gasteiger partial charge < -0.3 is 15.3 Å². The maximum atomic E-state index is 12.0. The Morgan fingerprint density at radius 2 is 1.95 bits per heavy atom. The third-order valence-corrected chi connectivity index (χ3v) is 3.96. The van der Waals surface area contributed by atoms with Crippen molar-refractivity contribution in [3.63, 3.8) is 0 Å². The van der Waals surface area contributed by atoms with E-state index in [1.165, 1.54) is 18.5 Å². The predicted octanol–water partition coefficient (Wildman–Crippen LogP) is 1.93. The smallest absolute Gasteiger partial charge is 0.238 e. The molecule has 2 N–H and O–H groups in total. The van der Waals surface area contributed by atoms with Crippen LogP contribution in [0.3, 0.4) is 0 Å². The molecule has 1 unspecified atom stereocenters. The summed E-state index contributed by atoms with van der Waals surface area (Å²) in [5.74, 6) is -0.0259. The van der Waals surface area contributed by atoms with Crippen LogP contribution < -0.4 is 10.2 Å². The van der Waals surface area contributed by atoms with Gasteiger partial charge in [-0.2, -0.15) is 0 Å². The number of anilines is 2. The lowest BCUT2D eigenvalue weighted by Crippen LogP contribution is -2.32. The van der Waals surface area contributed by atoms with Gasteiger partial charge in [0.2, 0.25) is 5.91 Å². The molecule has 1 heterocycles. The second-order valence-corrected chi connectivity index (χ2v) is 6.16. The van der Waals surface area contributed by atoms with E-state index in [0.29, 0.717) is 19.5 Å². The Morgan fingerprint density at radius 3 is 2.55 bits per heavy atom. The lowest BCUT2D eigenvalue weighted by Gasteiger charge is -2.19. The summed E-state index contributed by atoms with van der Waals surface area (Å²) >= 11 is 0. The number of nitrogens with zero attached hydrogens (tertiary/aromatic N) is 2. The number of carbonyl (C=O) groups excluding carboxylic acids is 1. The van der Waals surface area contributed by atoms with E-state index >= 15 is 0 Å². The fourth-order valence-electron chi connectivity index (χ4n) is 2.66. The van der Waals surface area contributed by atoms with Crippen LogP contribution in [0.4, 0.5) is 11.4 Å². The average molecular weight is 305 g/mol. The monoisotopic (exact) mass is 305 g/mol. The fourth-order valence-corrected chi connectivity index (χ4v) is 2.66. The van der Waals surface area contributed by atoms with Crippen LogP contribution in [0.1, 0.15) is 26.2 Å². The molecule has 1 atom stereocenters. The van der Waals surface area contributed by atoms with E-state index in [1.54, 1.807) is 6.92 Å². The topological polar surface area (TPSA) is 55.8 Å². The van der Waals surface area contributed by atoms with Gasteiger partial charge in [-0.3, -0.25) is 9.69 Å². The van der Waals surface area contributed by atoms with Gasteiger partial charge in [0, 0.05) is 31.0 Å². The second kappa shape index (κ2) is 8.15. The van der Waals surface area contributed by atoms with E-state index in [0.717, 1.165) is 18.8 Å². The van der Waals surface area contributed by atoms with Crippen molar-refractivity contribution in [2.24, 2.45) is 0 Å². The molecule has 1 saturated heterocycles. The van der Waals surface area contributed by atoms with Crippen LogP contribution in [0.5, 0.6) is 0 Å². The van der Waals surface area contributed by atoms with Crippen molar-refractivity contribution in [2.45, 2.75) is 32.3 Å². The standard InChI is InChI=1S/C17H27N3O2/c1-14(21)9-12-19(2)13-17(22)18-15-5-7-16(8-6-15)20-10-3-4-11-20/h5-8,14,21H,3-4,9-13H2,1-2H3,(H,18,22). The minimum atomic E-state index is -0.330. The molecule has 0 radical (unpaired) electrons. The van der Waals surface area contributed by atoms with E-state index in [2.05, 4.69) is 22.3 Å². The van der Waals surface area contributed by atoms with Crippen molar-refractivity contribution in [1.82, 2.24) is 4.90 Å². The van der Waals surface area contributed by atoms with Crippen LogP contribution in [0.25, 0.3) is 0 Å². The quantitative estimate of drug-likeness (QED) is 0.808. The number of hydrogen-bond donors (Lipinski definition) is 2. The Kier molecular flexibility index (Phi) is 6.21. The van der Waals surface area contributed by atoms with Gasteiger partial charge in [-0.1, -0.05) is 0 Å². The van der Waals surface area contributed by atoms with E-state index in [9.17, 15) is 9.90 Å². The Bertz CT molecular complexity index is 467. The predicted molar refractivity (Wildman–Crippen MR) is 90.3 cm³/mol. The summed E-state index contributed by atoms with van der Waals surface area (Å²) in [4.78, 5) is 16.3. The van der Waals surface area contributed by atoms with Crippen LogP contribution in [0.15, 0.2) is 24.3 Å². The van der Waals surface area contributed by atoms with Crippen LogP contribution in [0, 0.1) is 0 Å². The van der Waals surface area contributed by atoms with Crippen LogP contribution in [-0.2, 0) is 4.79 Å². The summed E-state index contributed by atoms with van der Waals surface area (Å²) in [6.45, 7) is 5.05. The molecular weight excluding hydrogens is 278 g/mol. The molecule has 2 rings (SSSR count). The number of carbonyl (C=O) groups is 1. The number of amides is 1. The molecule has 122 valence electrons. The van der Waals surface area contributed by atoms with Gasteiger partial charge in [0.1, 0.15) is 0 Å². The first-order valence-corrected chi connectivity index (χ1v) is 8.06. The average Bonchev–Trinajstić information content (AvgIpc) is 3.00. The molecule has 0 bridgehead atoms. The normalized spacial score (nSPS) is 16.1. The number of nitrogens with one attached hydrogen (secondary N) is 1. The summed E-state index contributed by atoms with van der Waals surface area (Å²) in [6.07, 6.45) is 2.87. The summed E-state index contributed by atoms with van der Waals surface area (Å²) < 4.78 is 0. The molecule has 1 aromatic carbocycles. The van der Waals surface area contributed by atoms with Gasteiger partial charge in [0.15, 0.2) is 0 Å². The molecule has 5 nitrogen and oxygen atoms in total. The van der Waals surface area contributed by atoms with Gasteiger partial charge in [0.05, 0.1) is 12.6 Å². The number of rotatable bonds is 7. The molecule has 0 spiro atoms. The third kappa shape index (κ3) is 5.31. The molecule has 1 amide bonds. The van der Waals surface area contributed by atoms with Crippen LogP contribution >= 0.6 is 0 Å². The highest BCUT2D eigenvalue weighted by Crippen LogP contribution is 2.21. The maximum Gasteiger partial charge on any atom is 0.238 e. The Hall–Kier alpha value is -1.59. The maximum absolute atomic E-state index is 12.0. The molecule has 1 aliphatic rings. The number of aliphatic hydroxyl groups excluding tert-OH is 1. The van der Waals surface area contributed by atoms with Crippen molar-refractivity contribution in [3.8, 4) is 0 Å². The van der Waals surface area contributed by atoms with Crippen LogP contribution in [0.2, 0.25) is 0 Å². The van der Waals surface area contributed by atoms with Crippen molar-refractivity contribution in [2.75, 3.05) is 43.4 Å². The van der Waals surface area contributed by atoms with Gasteiger partial charge >= 0.3 is 0 Å².